The number of rotatable bonds is 11. The van der Waals surface area contributed by atoms with Gasteiger partial charge in [0, 0.05) is 31.1 Å². The highest BCUT2D eigenvalue weighted by Gasteiger charge is 2.29. The Morgan fingerprint density at radius 1 is 0.600 bits per heavy atom. The Hall–Kier alpha value is -2.33. The molecule has 178 valence electrons. The molecule has 4 aromatic rings. The lowest BCUT2D eigenvalue weighted by molar-refractivity contribution is 0.652. The molecule has 0 fully saturated rings. The number of hydrogen-bond donors (Lipinski definition) is 0. The van der Waals surface area contributed by atoms with Crippen molar-refractivity contribution in [2.24, 2.45) is 5.92 Å². The van der Waals surface area contributed by atoms with Crippen LogP contribution >= 0.6 is 35.3 Å². The SMILES string of the molecule is C[C@H](Sc1ccccc1)[C@H](Sc1ccccc1)[C@H](C)/C(=C/Cc1ccccc1)Sc1ccccc1. The summed E-state index contributed by atoms with van der Waals surface area (Å²) in [6, 6.07) is 43.2. The molecule has 3 heteroatoms. The van der Waals surface area contributed by atoms with Gasteiger partial charge in [-0.25, -0.2) is 0 Å². The molecule has 0 spiro atoms. The van der Waals surface area contributed by atoms with Crippen LogP contribution < -0.4 is 0 Å². The molecular formula is C32H32S3. The maximum atomic E-state index is 2.45. The van der Waals surface area contributed by atoms with Gasteiger partial charge in [-0.15, -0.1) is 23.5 Å². The lowest BCUT2D eigenvalue weighted by Crippen LogP contribution is -2.25. The third kappa shape index (κ3) is 8.10. The van der Waals surface area contributed by atoms with Gasteiger partial charge in [0.05, 0.1) is 0 Å². The van der Waals surface area contributed by atoms with Crippen molar-refractivity contribution in [3.63, 3.8) is 0 Å². The van der Waals surface area contributed by atoms with E-state index in [4.69, 9.17) is 0 Å². The molecule has 0 aliphatic heterocycles. The van der Waals surface area contributed by atoms with Crippen molar-refractivity contribution in [3.8, 4) is 0 Å². The van der Waals surface area contributed by atoms with E-state index in [1.165, 1.54) is 25.2 Å². The van der Waals surface area contributed by atoms with Gasteiger partial charge >= 0.3 is 0 Å². The Balaban J connectivity index is 1.63. The fourth-order valence-electron chi connectivity index (χ4n) is 3.98. The first kappa shape index (κ1) is 25.8. The third-order valence-corrected chi connectivity index (χ3v) is 10.1. The topological polar surface area (TPSA) is 0 Å². The van der Waals surface area contributed by atoms with Gasteiger partial charge < -0.3 is 0 Å². The molecule has 4 rings (SSSR count). The van der Waals surface area contributed by atoms with E-state index in [0.29, 0.717) is 16.4 Å². The zero-order valence-corrected chi connectivity index (χ0v) is 22.7. The minimum atomic E-state index is 0.389. The standard InChI is InChI=1S/C32H32S3/c1-25(31(34-29-19-11-5-12-20-29)24-23-27-15-7-3-8-16-27)32(35-30-21-13-6-14-22-30)26(2)33-28-17-9-4-10-18-28/h3-22,24-26,32H,23H2,1-2H3/b31-24-/t25-,26+,32-/m1/s1. The van der Waals surface area contributed by atoms with Gasteiger partial charge in [0.25, 0.3) is 0 Å². The second kappa shape index (κ2) is 13.7. The number of benzene rings is 4. The van der Waals surface area contributed by atoms with Crippen molar-refractivity contribution in [1.82, 2.24) is 0 Å². The second-order valence-corrected chi connectivity index (χ2v) is 12.4. The highest BCUT2D eigenvalue weighted by Crippen LogP contribution is 2.44. The number of allylic oxidation sites excluding steroid dienone is 2. The van der Waals surface area contributed by atoms with Crippen LogP contribution in [-0.2, 0) is 6.42 Å². The van der Waals surface area contributed by atoms with Gasteiger partial charge in [0.15, 0.2) is 0 Å². The average Bonchev–Trinajstić information content (AvgIpc) is 2.91. The fourth-order valence-corrected chi connectivity index (χ4v) is 7.75. The summed E-state index contributed by atoms with van der Waals surface area (Å²) in [4.78, 5) is 5.40. The monoisotopic (exact) mass is 512 g/mol. The van der Waals surface area contributed by atoms with Crippen LogP contribution in [-0.4, -0.2) is 10.5 Å². The molecule has 0 aliphatic carbocycles. The molecule has 4 aromatic carbocycles. The van der Waals surface area contributed by atoms with Gasteiger partial charge in [-0.05, 0) is 53.3 Å². The predicted molar refractivity (Wildman–Crippen MR) is 158 cm³/mol. The molecule has 0 unspecified atom stereocenters. The fraction of sp³-hybridized carbons (Fsp3) is 0.188. The molecule has 35 heavy (non-hydrogen) atoms. The normalized spacial score (nSPS) is 14.3. The van der Waals surface area contributed by atoms with Gasteiger partial charge in [0.1, 0.15) is 0 Å². The van der Waals surface area contributed by atoms with Crippen LogP contribution in [0.25, 0.3) is 0 Å². The first-order chi connectivity index (χ1) is 17.2. The van der Waals surface area contributed by atoms with Crippen LogP contribution in [0, 0.1) is 5.92 Å². The lowest BCUT2D eigenvalue weighted by Gasteiger charge is -2.31. The van der Waals surface area contributed by atoms with Gasteiger partial charge in [0.2, 0.25) is 0 Å². The van der Waals surface area contributed by atoms with Gasteiger partial charge in [-0.3, -0.25) is 0 Å². The molecule has 0 saturated carbocycles. The Morgan fingerprint density at radius 2 is 1.06 bits per heavy atom. The Bertz CT molecular complexity index is 1160. The predicted octanol–water partition coefficient (Wildman–Crippen LogP) is 9.88. The summed E-state index contributed by atoms with van der Waals surface area (Å²) in [6.45, 7) is 4.80. The van der Waals surface area contributed by atoms with Crippen LogP contribution in [0.2, 0.25) is 0 Å². The lowest BCUT2D eigenvalue weighted by atomic mass is 10.0. The zero-order valence-electron chi connectivity index (χ0n) is 20.3. The van der Waals surface area contributed by atoms with Crippen molar-refractivity contribution in [2.45, 2.75) is 45.5 Å². The first-order valence-corrected chi connectivity index (χ1v) is 14.7. The van der Waals surface area contributed by atoms with E-state index in [1.54, 1.807) is 0 Å². The minimum Gasteiger partial charge on any atom is -0.122 e. The third-order valence-electron chi connectivity index (χ3n) is 5.85. The summed E-state index contributed by atoms with van der Waals surface area (Å²) >= 11 is 5.91. The van der Waals surface area contributed by atoms with E-state index in [0.717, 1.165) is 6.42 Å². The van der Waals surface area contributed by atoms with Crippen molar-refractivity contribution in [3.05, 3.63) is 138 Å². The molecular weight excluding hydrogens is 481 g/mol. The zero-order chi connectivity index (χ0) is 24.3. The van der Waals surface area contributed by atoms with E-state index in [9.17, 15) is 0 Å². The van der Waals surface area contributed by atoms with Crippen molar-refractivity contribution in [2.75, 3.05) is 0 Å². The molecule has 0 aromatic heterocycles. The summed E-state index contributed by atoms with van der Waals surface area (Å²) in [7, 11) is 0. The van der Waals surface area contributed by atoms with E-state index in [2.05, 4.69) is 141 Å². The molecule has 0 heterocycles. The van der Waals surface area contributed by atoms with E-state index < -0.39 is 0 Å². The summed E-state index contributed by atoms with van der Waals surface area (Å²) in [5.74, 6) is 0.389. The Labute approximate surface area is 223 Å². The Kier molecular flexibility index (Phi) is 10.1. The molecule has 3 atom stereocenters. The first-order valence-electron chi connectivity index (χ1n) is 12.1. The number of thioether (sulfide) groups is 3. The van der Waals surface area contributed by atoms with Crippen molar-refractivity contribution in [1.29, 1.82) is 0 Å². The van der Waals surface area contributed by atoms with Crippen molar-refractivity contribution < 1.29 is 0 Å². The van der Waals surface area contributed by atoms with Crippen LogP contribution in [0.1, 0.15) is 19.4 Å². The largest absolute Gasteiger partial charge is 0.122 e. The molecule has 0 N–H and O–H groups in total. The van der Waals surface area contributed by atoms with Crippen LogP contribution in [0.15, 0.2) is 147 Å². The molecule has 0 aliphatic rings. The summed E-state index contributed by atoms with van der Waals surface area (Å²) in [6.07, 6.45) is 3.40. The van der Waals surface area contributed by atoms with E-state index in [-0.39, 0.29) is 0 Å². The van der Waals surface area contributed by atoms with Crippen LogP contribution in [0.5, 0.6) is 0 Å². The molecule has 0 nitrogen and oxygen atoms in total. The van der Waals surface area contributed by atoms with Crippen molar-refractivity contribution >= 4 is 35.3 Å². The van der Waals surface area contributed by atoms with E-state index in [1.807, 2.05) is 35.3 Å². The maximum Gasteiger partial charge on any atom is 0.0285 e. The molecule has 0 bridgehead atoms. The summed E-state index contributed by atoms with van der Waals surface area (Å²) in [5.41, 5.74) is 1.35. The smallest absolute Gasteiger partial charge is 0.0285 e. The highest BCUT2D eigenvalue weighted by atomic mass is 32.2. The van der Waals surface area contributed by atoms with Crippen LogP contribution in [0.4, 0.5) is 0 Å². The highest BCUT2D eigenvalue weighted by molar-refractivity contribution is 8.04. The van der Waals surface area contributed by atoms with Gasteiger partial charge in [-0.1, -0.05) is 117 Å². The Morgan fingerprint density at radius 3 is 1.60 bits per heavy atom. The molecule has 0 radical (unpaired) electrons. The maximum absolute atomic E-state index is 2.45. The number of hydrogen-bond acceptors (Lipinski definition) is 3. The second-order valence-electron chi connectivity index (χ2n) is 8.53. The van der Waals surface area contributed by atoms with Gasteiger partial charge in [-0.2, -0.15) is 0 Å². The average molecular weight is 513 g/mol. The minimum absolute atomic E-state index is 0.389. The summed E-state index contributed by atoms with van der Waals surface area (Å²) in [5, 5.41) is 0.856. The molecule has 0 saturated heterocycles. The van der Waals surface area contributed by atoms with E-state index >= 15 is 0 Å². The molecule has 0 amide bonds. The van der Waals surface area contributed by atoms with Crippen LogP contribution in [0.3, 0.4) is 0 Å². The quantitative estimate of drug-likeness (QED) is 0.184. The summed E-state index contributed by atoms with van der Waals surface area (Å²) < 4.78 is 0.